The topological polar surface area (TPSA) is 221 Å². The standard InChI is InChI=1S/C41H46N6O12S2/c1-24-14-27(23-48)45(21-24)39(50)29-17-34(56-4)36(19-31(29)44-41(52)59-12-13-60-61-37-9-8-26(20-42-37)47(53)54)58-11-7-5-6-10-57-35-18-30-28(16-33(35)55-3)40(51)46-22-25(2)15-32(46)38(49)43-30/h8-9,16-20,27,32,48H,1-2,5-7,10-15,21-23H2,3-4H3,(H,43,49)(H,44,52)/t27-,32-/m0/s1. The number of carbonyl (C=O) groups excluding carboxylic acids is 4. The van der Waals surface area contributed by atoms with Crippen LogP contribution in [0.15, 0.2) is 71.9 Å². The Hall–Kier alpha value is -5.99. The second kappa shape index (κ2) is 20.5. The van der Waals surface area contributed by atoms with Gasteiger partial charge in [-0.05, 0) is 61.1 Å². The lowest BCUT2D eigenvalue weighted by Crippen LogP contribution is -2.40. The molecule has 0 bridgehead atoms. The molecule has 3 aliphatic rings. The summed E-state index contributed by atoms with van der Waals surface area (Å²) in [6.07, 6.45) is 3.13. The lowest BCUT2D eigenvalue weighted by molar-refractivity contribution is -0.385. The zero-order chi connectivity index (χ0) is 43.6. The minimum atomic E-state index is -0.819. The van der Waals surface area contributed by atoms with E-state index in [2.05, 4.69) is 28.8 Å². The van der Waals surface area contributed by atoms with Gasteiger partial charge in [0.15, 0.2) is 23.0 Å². The molecule has 4 heterocycles. The molecule has 324 valence electrons. The molecule has 2 saturated heterocycles. The number of ether oxygens (including phenoxy) is 5. The van der Waals surface area contributed by atoms with Crippen molar-refractivity contribution in [2.45, 2.75) is 49.2 Å². The largest absolute Gasteiger partial charge is 0.493 e. The average molecular weight is 879 g/mol. The van der Waals surface area contributed by atoms with E-state index in [0.29, 0.717) is 78.8 Å². The molecule has 20 heteroatoms. The quantitative estimate of drug-likeness (QED) is 0.0407. The highest BCUT2D eigenvalue weighted by atomic mass is 33.1. The number of nitrogens with zero attached hydrogens (tertiary/aromatic N) is 4. The fraction of sp³-hybridized carbons (Fsp3) is 0.390. The molecule has 2 aromatic carbocycles. The minimum Gasteiger partial charge on any atom is -0.493 e. The zero-order valence-corrected chi connectivity index (χ0v) is 35.3. The predicted molar refractivity (Wildman–Crippen MR) is 228 cm³/mol. The summed E-state index contributed by atoms with van der Waals surface area (Å²) < 4.78 is 28.6. The smallest absolute Gasteiger partial charge is 0.411 e. The molecule has 0 unspecified atom stereocenters. The van der Waals surface area contributed by atoms with Gasteiger partial charge in [0.05, 0.1) is 67.5 Å². The van der Waals surface area contributed by atoms with E-state index in [9.17, 15) is 34.4 Å². The van der Waals surface area contributed by atoms with Gasteiger partial charge in [-0.2, -0.15) is 0 Å². The summed E-state index contributed by atoms with van der Waals surface area (Å²) >= 11 is 0. The monoisotopic (exact) mass is 878 g/mol. The Kier molecular flexibility index (Phi) is 15.0. The Balaban J connectivity index is 1.04. The van der Waals surface area contributed by atoms with Crippen LogP contribution in [0, 0.1) is 10.1 Å². The molecule has 18 nitrogen and oxygen atoms in total. The fourth-order valence-corrected chi connectivity index (χ4v) is 8.65. The summed E-state index contributed by atoms with van der Waals surface area (Å²) in [7, 11) is 5.52. The van der Waals surface area contributed by atoms with Crippen molar-refractivity contribution in [2.75, 3.05) is 70.1 Å². The summed E-state index contributed by atoms with van der Waals surface area (Å²) in [6, 6.07) is 7.96. The highest BCUT2D eigenvalue weighted by Gasteiger charge is 2.40. The molecule has 4 amide bonds. The van der Waals surface area contributed by atoms with Crippen molar-refractivity contribution >= 4 is 62.5 Å². The van der Waals surface area contributed by atoms with Crippen LogP contribution in [-0.4, -0.2) is 120 Å². The van der Waals surface area contributed by atoms with Crippen LogP contribution in [0.3, 0.4) is 0 Å². The highest BCUT2D eigenvalue weighted by Crippen LogP contribution is 2.39. The molecule has 61 heavy (non-hydrogen) atoms. The molecule has 6 rings (SSSR count). The third-order valence-corrected chi connectivity index (χ3v) is 12.2. The number of aromatic nitrogens is 1. The van der Waals surface area contributed by atoms with E-state index in [1.54, 1.807) is 12.1 Å². The number of hydrogen-bond acceptors (Lipinski definition) is 15. The maximum absolute atomic E-state index is 13.9. The lowest BCUT2D eigenvalue weighted by Gasteiger charge is -2.24. The number of unbranched alkanes of at least 4 members (excludes halogenated alkanes) is 2. The van der Waals surface area contributed by atoms with Gasteiger partial charge in [0.2, 0.25) is 5.91 Å². The first-order valence-corrected chi connectivity index (χ1v) is 21.6. The molecule has 0 saturated carbocycles. The van der Waals surface area contributed by atoms with Crippen LogP contribution >= 0.6 is 21.6 Å². The van der Waals surface area contributed by atoms with Gasteiger partial charge in [-0.15, -0.1) is 0 Å². The van der Waals surface area contributed by atoms with Crippen molar-refractivity contribution in [3.8, 4) is 23.0 Å². The molecule has 0 aliphatic carbocycles. The molecule has 0 spiro atoms. The van der Waals surface area contributed by atoms with Crippen LogP contribution in [0.2, 0.25) is 0 Å². The van der Waals surface area contributed by atoms with E-state index >= 15 is 0 Å². The van der Waals surface area contributed by atoms with Crippen LogP contribution in [0.5, 0.6) is 23.0 Å². The molecule has 3 aromatic rings. The Morgan fingerprint density at radius 1 is 0.967 bits per heavy atom. The zero-order valence-electron chi connectivity index (χ0n) is 33.6. The number of benzene rings is 2. The van der Waals surface area contributed by atoms with Gasteiger partial charge in [0.25, 0.3) is 17.5 Å². The minimum absolute atomic E-state index is 0.00691. The lowest BCUT2D eigenvalue weighted by atomic mass is 10.1. The van der Waals surface area contributed by atoms with E-state index in [4.69, 9.17) is 23.7 Å². The van der Waals surface area contributed by atoms with Gasteiger partial charge >= 0.3 is 6.09 Å². The van der Waals surface area contributed by atoms with E-state index in [1.165, 1.54) is 76.1 Å². The molecular weight excluding hydrogens is 833 g/mol. The first-order chi connectivity index (χ1) is 29.4. The molecule has 1 aromatic heterocycles. The second-order valence-electron chi connectivity index (χ2n) is 14.2. The van der Waals surface area contributed by atoms with Gasteiger partial charge in [-0.1, -0.05) is 35.1 Å². The summed E-state index contributed by atoms with van der Waals surface area (Å²) in [5, 5.41) is 26.9. The number of methoxy groups -OCH3 is 2. The van der Waals surface area contributed by atoms with E-state index in [0.717, 1.165) is 11.1 Å². The Bertz CT molecular complexity index is 2190. The number of nitrogens with one attached hydrogen (secondary N) is 2. The molecule has 0 radical (unpaired) electrons. The van der Waals surface area contributed by atoms with Gasteiger partial charge in [0, 0.05) is 37.0 Å². The van der Waals surface area contributed by atoms with Gasteiger partial charge in [-0.25, -0.2) is 9.78 Å². The first kappa shape index (κ1) is 44.6. The van der Waals surface area contributed by atoms with Crippen molar-refractivity contribution in [1.82, 2.24) is 14.8 Å². The second-order valence-corrected chi connectivity index (χ2v) is 16.7. The van der Waals surface area contributed by atoms with Crippen molar-refractivity contribution in [3.63, 3.8) is 0 Å². The average Bonchev–Trinajstić information content (AvgIpc) is 3.82. The van der Waals surface area contributed by atoms with Gasteiger partial charge in [-0.3, -0.25) is 29.8 Å². The van der Waals surface area contributed by atoms with E-state index in [-0.39, 0.29) is 66.6 Å². The summed E-state index contributed by atoms with van der Waals surface area (Å²) in [5.41, 5.74) is 2.38. The van der Waals surface area contributed by atoms with Crippen LogP contribution in [0.4, 0.5) is 21.9 Å². The van der Waals surface area contributed by atoms with Crippen molar-refractivity contribution < 1.29 is 52.9 Å². The molecular formula is C41H46N6O12S2. The van der Waals surface area contributed by atoms with Gasteiger partial charge in [0.1, 0.15) is 23.9 Å². The summed E-state index contributed by atoms with van der Waals surface area (Å²) in [4.78, 5) is 70.5. The first-order valence-electron chi connectivity index (χ1n) is 19.3. The summed E-state index contributed by atoms with van der Waals surface area (Å²) in [6.45, 7) is 8.79. The van der Waals surface area contributed by atoms with Crippen LogP contribution in [0.1, 0.15) is 52.8 Å². The van der Waals surface area contributed by atoms with E-state index in [1.807, 2.05) is 0 Å². The maximum atomic E-state index is 13.9. The Morgan fingerprint density at radius 2 is 1.67 bits per heavy atom. The van der Waals surface area contributed by atoms with Crippen molar-refractivity contribution in [2.24, 2.45) is 0 Å². The van der Waals surface area contributed by atoms with Crippen LogP contribution < -0.4 is 29.6 Å². The fourth-order valence-electron chi connectivity index (χ4n) is 6.97. The molecule has 2 atom stereocenters. The van der Waals surface area contributed by atoms with Crippen molar-refractivity contribution in [1.29, 1.82) is 0 Å². The van der Waals surface area contributed by atoms with Crippen LogP contribution in [-0.2, 0) is 9.53 Å². The number of aliphatic hydroxyl groups is 1. The third-order valence-electron chi connectivity index (χ3n) is 9.99. The van der Waals surface area contributed by atoms with Crippen LogP contribution in [0.25, 0.3) is 0 Å². The number of likely N-dealkylation sites (tertiary alicyclic amines) is 1. The van der Waals surface area contributed by atoms with E-state index < -0.39 is 29.0 Å². The normalized spacial score (nSPS) is 17.0. The number of rotatable bonds is 19. The number of hydrogen-bond donors (Lipinski definition) is 3. The number of carbonyl (C=O) groups is 4. The highest BCUT2D eigenvalue weighted by molar-refractivity contribution is 8.76. The Labute approximate surface area is 359 Å². The van der Waals surface area contributed by atoms with Crippen molar-refractivity contribution in [3.05, 3.63) is 88.1 Å². The number of pyridine rings is 1. The number of amides is 4. The molecule has 3 aliphatic heterocycles. The third kappa shape index (κ3) is 10.9. The molecule has 3 N–H and O–H groups in total. The predicted octanol–water partition coefficient (Wildman–Crippen LogP) is 6.11. The maximum Gasteiger partial charge on any atom is 0.411 e. The number of fused-ring (bicyclic) bond motifs is 2. The molecule has 2 fully saturated rings. The SMILES string of the molecule is C=C1C[C@@H](CO)N(C(=O)c2cc(OC)c(OCCCCCOc3cc4c(cc3OC)C(=O)N3CC(=C)C[C@H]3C(=O)N4)cc2NC(=O)OCCSSc2ccc([N+](=O)[O-])cn2)C1. The number of nitro groups is 1. The Morgan fingerprint density at radius 3 is 2.34 bits per heavy atom. The van der Waals surface area contributed by atoms with Gasteiger partial charge < -0.3 is 43.9 Å². The number of aliphatic hydroxyl groups excluding tert-OH is 1. The summed E-state index contributed by atoms with van der Waals surface area (Å²) in [5.74, 6) is 0.630. The number of anilines is 2.